The predicted molar refractivity (Wildman–Crippen MR) is 58.2 cm³/mol. The van der Waals surface area contributed by atoms with Crippen LogP contribution in [0.5, 0.6) is 0 Å². The van der Waals surface area contributed by atoms with Gasteiger partial charge in [-0.25, -0.2) is 0 Å². The number of hydrogen-bond acceptors (Lipinski definition) is 3. The van der Waals surface area contributed by atoms with Gasteiger partial charge in [-0.15, -0.1) is 0 Å². The minimum atomic E-state index is -0.979. The Balaban J connectivity index is 2.73. The summed E-state index contributed by atoms with van der Waals surface area (Å²) in [6, 6.07) is 2.09. The van der Waals surface area contributed by atoms with Crippen LogP contribution in [0, 0.1) is 15.9 Å². The average Bonchev–Trinajstić information content (AvgIpc) is 2.39. The molecule has 0 aliphatic carbocycles. The molecule has 1 aromatic rings. The summed E-state index contributed by atoms with van der Waals surface area (Å²) in [5.41, 5.74) is -0.580. The Morgan fingerprint density at radius 2 is 2.00 bits per heavy atom. The quantitative estimate of drug-likeness (QED) is 0.555. The van der Waals surface area contributed by atoms with E-state index in [4.69, 9.17) is 0 Å². The molecular formula is C11H11FN2O3. The number of carbonyl (C=O) groups is 1. The Hall–Kier alpha value is -1.98. The third kappa shape index (κ3) is 1.40. The van der Waals surface area contributed by atoms with Gasteiger partial charge >= 0.3 is 5.69 Å². The van der Waals surface area contributed by atoms with Crippen molar-refractivity contribution in [1.29, 1.82) is 0 Å². The lowest BCUT2D eigenvalue weighted by Crippen LogP contribution is -2.35. The van der Waals surface area contributed by atoms with Crippen molar-refractivity contribution in [2.24, 2.45) is 0 Å². The lowest BCUT2D eigenvalue weighted by molar-refractivity contribution is -0.387. The average molecular weight is 238 g/mol. The molecule has 0 bridgehead atoms. The minimum absolute atomic E-state index is 0.195. The highest BCUT2D eigenvalue weighted by Crippen LogP contribution is 2.39. The van der Waals surface area contributed by atoms with Crippen LogP contribution in [0.15, 0.2) is 12.1 Å². The van der Waals surface area contributed by atoms with Gasteiger partial charge < -0.3 is 4.90 Å². The zero-order valence-corrected chi connectivity index (χ0v) is 9.65. The Morgan fingerprint density at radius 1 is 1.41 bits per heavy atom. The fourth-order valence-electron chi connectivity index (χ4n) is 2.00. The number of nitrogens with zero attached hydrogens (tertiary/aromatic N) is 2. The molecule has 1 amide bonds. The standard InChI is InChI=1S/C11H11FN2O3/c1-11(2)7-5-9(14(16)17)8(12)4-6(7)10(15)13(11)3/h4-5H,1-3H3. The molecule has 1 aliphatic rings. The molecule has 0 spiro atoms. The Labute approximate surface area is 97.0 Å². The summed E-state index contributed by atoms with van der Waals surface area (Å²) < 4.78 is 13.4. The van der Waals surface area contributed by atoms with Gasteiger partial charge in [-0.3, -0.25) is 14.9 Å². The first-order valence-corrected chi connectivity index (χ1v) is 5.03. The van der Waals surface area contributed by atoms with E-state index in [9.17, 15) is 19.3 Å². The van der Waals surface area contributed by atoms with Crippen LogP contribution in [0.4, 0.5) is 10.1 Å². The van der Waals surface area contributed by atoms with Crippen LogP contribution in [0.1, 0.15) is 29.8 Å². The van der Waals surface area contributed by atoms with Crippen molar-refractivity contribution in [3.63, 3.8) is 0 Å². The first kappa shape index (κ1) is 11.5. The van der Waals surface area contributed by atoms with Gasteiger partial charge in [0.1, 0.15) is 0 Å². The van der Waals surface area contributed by atoms with Crippen LogP contribution < -0.4 is 0 Å². The van der Waals surface area contributed by atoms with Crippen molar-refractivity contribution in [2.75, 3.05) is 7.05 Å². The van der Waals surface area contributed by atoms with E-state index in [0.717, 1.165) is 12.1 Å². The summed E-state index contributed by atoms with van der Waals surface area (Å²) in [4.78, 5) is 23.2. The predicted octanol–water partition coefficient (Wildman–Crippen LogP) is 2.05. The second kappa shape index (κ2) is 3.26. The summed E-state index contributed by atoms with van der Waals surface area (Å²) in [7, 11) is 1.59. The highest BCUT2D eigenvalue weighted by molar-refractivity contribution is 6.00. The maximum absolute atomic E-state index is 13.4. The van der Waals surface area contributed by atoms with E-state index in [2.05, 4.69) is 0 Å². The van der Waals surface area contributed by atoms with Crippen LogP contribution in [0.3, 0.4) is 0 Å². The van der Waals surface area contributed by atoms with E-state index in [0.29, 0.717) is 5.56 Å². The highest BCUT2D eigenvalue weighted by Gasteiger charge is 2.42. The van der Waals surface area contributed by atoms with Gasteiger partial charge in [0, 0.05) is 18.7 Å². The molecule has 0 saturated heterocycles. The Kier molecular flexibility index (Phi) is 2.20. The third-order valence-corrected chi connectivity index (χ3v) is 3.32. The van der Waals surface area contributed by atoms with Gasteiger partial charge in [0.2, 0.25) is 5.82 Å². The molecule has 0 saturated carbocycles. The van der Waals surface area contributed by atoms with E-state index < -0.39 is 22.0 Å². The number of carbonyl (C=O) groups excluding carboxylic acids is 1. The molecule has 1 aliphatic heterocycles. The van der Waals surface area contributed by atoms with Crippen molar-refractivity contribution < 1.29 is 14.1 Å². The highest BCUT2D eigenvalue weighted by atomic mass is 19.1. The summed E-state index contributed by atoms with van der Waals surface area (Å²) in [6.45, 7) is 3.52. The number of nitro benzene ring substituents is 1. The zero-order valence-electron chi connectivity index (χ0n) is 9.65. The summed E-state index contributed by atoms with van der Waals surface area (Å²) >= 11 is 0. The summed E-state index contributed by atoms with van der Waals surface area (Å²) in [5.74, 6) is -1.30. The molecule has 0 aromatic heterocycles. The van der Waals surface area contributed by atoms with Crippen molar-refractivity contribution >= 4 is 11.6 Å². The molecule has 17 heavy (non-hydrogen) atoms. The number of fused-ring (bicyclic) bond motifs is 1. The van der Waals surface area contributed by atoms with Crippen molar-refractivity contribution in [2.45, 2.75) is 19.4 Å². The largest absolute Gasteiger partial charge is 0.332 e. The monoisotopic (exact) mass is 238 g/mol. The van der Waals surface area contributed by atoms with Crippen molar-refractivity contribution in [3.8, 4) is 0 Å². The second-order valence-corrected chi connectivity index (χ2v) is 4.53. The summed E-state index contributed by atoms with van der Waals surface area (Å²) in [5, 5.41) is 10.7. The molecule has 0 unspecified atom stereocenters. The fraction of sp³-hybridized carbons (Fsp3) is 0.364. The topological polar surface area (TPSA) is 63.5 Å². The van der Waals surface area contributed by atoms with E-state index in [-0.39, 0.29) is 11.5 Å². The van der Waals surface area contributed by atoms with E-state index in [1.165, 1.54) is 4.90 Å². The van der Waals surface area contributed by atoms with E-state index >= 15 is 0 Å². The Morgan fingerprint density at radius 3 is 2.53 bits per heavy atom. The molecular weight excluding hydrogens is 227 g/mol. The van der Waals surface area contributed by atoms with E-state index in [1.54, 1.807) is 20.9 Å². The van der Waals surface area contributed by atoms with Gasteiger partial charge in [0.05, 0.1) is 10.5 Å². The minimum Gasteiger partial charge on any atom is -0.332 e. The molecule has 1 aromatic carbocycles. The smallest absolute Gasteiger partial charge is 0.305 e. The van der Waals surface area contributed by atoms with Crippen molar-refractivity contribution in [3.05, 3.63) is 39.2 Å². The maximum atomic E-state index is 13.4. The molecule has 5 nitrogen and oxygen atoms in total. The molecule has 0 radical (unpaired) electrons. The number of nitro groups is 1. The molecule has 2 rings (SSSR count). The van der Waals surface area contributed by atoms with Crippen LogP contribution >= 0.6 is 0 Å². The van der Waals surface area contributed by atoms with Crippen LogP contribution in [0.2, 0.25) is 0 Å². The Bertz CT molecular complexity index is 540. The molecule has 0 atom stereocenters. The third-order valence-electron chi connectivity index (χ3n) is 3.32. The number of rotatable bonds is 1. The maximum Gasteiger partial charge on any atom is 0.305 e. The van der Waals surface area contributed by atoms with Gasteiger partial charge in [-0.2, -0.15) is 4.39 Å². The number of hydrogen-bond donors (Lipinski definition) is 0. The number of amides is 1. The SMILES string of the molecule is CN1C(=O)c2cc(F)c([N+](=O)[O-])cc2C1(C)C. The van der Waals surface area contributed by atoms with Crippen molar-refractivity contribution in [1.82, 2.24) is 4.90 Å². The first-order chi connectivity index (χ1) is 7.76. The first-order valence-electron chi connectivity index (χ1n) is 5.03. The molecule has 0 N–H and O–H groups in total. The van der Waals surface area contributed by atoms with E-state index in [1.807, 2.05) is 0 Å². The van der Waals surface area contributed by atoms with Gasteiger partial charge in [0.15, 0.2) is 0 Å². The lowest BCUT2D eigenvalue weighted by Gasteiger charge is -2.28. The van der Waals surface area contributed by atoms with Crippen LogP contribution in [-0.2, 0) is 5.54 Å². The normalized spacial score (nSPS) is 17.2. The summed E-state index contributed by atoms with van der Waals surface area (Å²) in [6.07, 6.45) is 0. The van der Waals surface area contributed by atoms with Crippen LogP contribution in [-0.4, -0.2) is 22.8 Å². The number of benzene rings is 1. The van der Waals surface area contributed by atoms with Gasteiger partial charge in [0.25, 0.3) is 5.91 Å². The molecule has 6 heteroatoms. The number of halogens is 1. The lowest BCUT2D eigenvalue weighted by atomic mass is 9.93. The fourth-order valence-corrected chi connectivity index (χ4v) is 2.00. The van der Waals surface area contributed by atoms with Gasteiger partial charge in [-0.1, -0.05) is 0 Å². The molecule has 0 fully saturated rings. The molecule has 90 valence electrons. The zero-order chi connectivity index (χ0) is 13.0. The van der Waals surface area contributed by atoms with Crippen LogP contribution in [0.25, 0.3) is 0 Å². The molecule has 1 heterocycles. The second-order valence-electron chi connectivity index (χ2n) is 4.53. The van der Waals surface area contributed by atoms with Gasteiger partial charge in [-0.05, 0) is 25.5 Å².